The second-order valence-corrected chi connectivity index (χ2v) is 4.86. The van der Waals surface area contributed by atoms with Crippen LogP contribution >= 0.6 is 15.9 Å². The number of H-pyrrole nitrogens is 1. The molecule has 1 unspecified atom stereocenters. The van der Waals surface area contributed by atoms with E-state index in [1.807, 2.05) is 6.20 Å². The van der Waals surface area contributed by atoms with Gasteiger partial charge in [-0.15, -0.1) is 0 Å². The average molecular weight is 294 g/mol. The standard InChI is InChI=1S/C13H16BrN3/c1-2-12(13-15-7-8-16-13)17-9-10-3-5-11(14)6-4-10/h3-8,12,17H,2,9H2,1H3,(H,15,16). The summed E-state index contributed by atoms with van der Waals surface area (Å²) in [6, 6.07) is 8.64. The summed E-state index contributed by atoms with van der Waals surface area (Å²) in [4.78, 5) is 7.44. The van der Waals surface area contributed by atoms with E-state index in [0.29, 0.717) is 0 Å². The third-order valence-corrected chi connectivity index (χ3v) is 3.25. The molecule has 0 saturated carbocycles. The second kappa shape index (κ2) is 5.98. The van der Waals surface area contributed by atoms with E-state index in [9.17, 15) is 0 Å². The van der Waals surface area contributed by atoms with Crippen molar-refractivity contribution in [3.63, 3.8) is 0 Å². The molecule has 90 valence electrons. The van der Waals surface area contributed by atoms with Crippen molar-refractivity contribution in [2.24, 2.45) is 0 Å². The Morgan fingerprint density at radius 2 is 2.12 bits per heavy atom. The Kier molecular flexibility index (Phi) is 4.34. The summed E-state index contributed by atoms with van der Waals surface area (Å²) in [7, 11) is 0. The Labute approximate surface area is 110 Å². The van der Waals surface area contributed by atoms with Crippen molar-refractivity contribution >= 4 is 15.9 Å². The van der Waals surface area contributed by atoms with Crippen LogP contribution in [-0.4, -0.2) is 9.97 Å². The lowest BCUT2D eigenvalue weighted by atomic mass is 10.2. The molecule has 1 heterocycles. The number of imidazole rings is 1. The number of hydrogen-bond acceptors (Lipinski definition) is 2. The maximum atomic E-state index is 4.29. The van der Waals surface area contributed by atoms with Gasteiger partial charge in [0.15, 0.2) is 0 Å². The molecule has 4 heteroatoms. The molecule has 0 amide bonds. The van der Waals surface area contributed by atoms with E-state index in [0.717, 1.165) is 23.3 Å². The first-order valence-corrected chi connectivity index (χ1v) is 6.56. The van der Waals surface area contributed by atoms with Crippen molar-refractivity contribution in [2.75, 3.05) is 0 Å². The fourth-order valence-electron chi connectivity index (χ4n) is 1.75. The minimum atomic E-state index is 0.286. The van der Waals surface area contributed by atoms with Crippen LogP contribution in [0.1, 0.15) is 30.8 Å². The fraction of sp³-hybridized carbons (Fsp3) is 0.308. The zero-order valence-electron chi connectivity index (χ0n) is 9.78. The topological polar surface area (TPSA) is 40.7 Å². The van der Waals surface area contributed by atoms with Crippen LogP contribution in [0.4, 0.5) is 0 Å². The van der Waals surface area contributed by atoms with Crippen LogP contribution in [0.5, 0.6) is 0 Å². The zero-order chi connectivity index (χ0) is 12.1. The summed E-state index contributed by atoms with van der Waals surface area (Å²) in [5, 5.41) is 3.50. The van der Waals surface area contributed by atoms with Gasteiger partial charge in [0.1, 0.15) is 5.82 Å². The van der Waals surface area contributed by atoms with Gasteiger partial charge < -0.3 is 10.3 Å². The molecular formula is C13H16BrN3. The van der Waals surface area contributed by atoms with Crippen molar-refractivity contribution in [1.82, 2.24) is 15.3 Å². The van der Waals surface area contributed by atoms with Crippen LogP contribution in [0.3, 0.4) is 0 Å². The van der Waals surface area contributed by atoms with Gasteiger partial charge in [-0.3, -0.25) is 0 Å². The highest BCUT2D eigenvalue weighted by Gasteiger charge is 2.10. The number of nitrogens with zero attached hydrogens (tertiary/aromatic N) is 1. The molecule has 0 aliphatic rings. The number of aromatic amines is 1. The average Bonchev–Trinajstić information content (AvgIpc) is 2.86. The fourth-order valence-corrected chi connectivity index (χ4v) is 2.01. The highest BCUT2D eigenvalue weighted by molar-refractivity contribution is 9.10. The quantitative estimate of drug-likeness (QED) is 0.887. The van der Waals surface area contributed by atoms with Crippen molar-refractivity contribution in [3.8, 4) is 0 Å². The molecule has 1 aromatic heterocycles. The lowest BCUT2D eigenvalue weighted by molar-refractivity contribution is 0.498. The lowest BCUT2D eigenvalue weighted by Crippen LogP contribution is -2.21. The van der Waals surface area contributed by atoms with Crippen molar-refractivity contribution in [1.29, 1.82) is 0 Å². The van der Waals surface area contributed by atoms with Gasteiger partial charge >= 0.3 is 0 Å². The molecule has 0 bridgehead atoms. The molecule has 0 spiro atoms. The summed E-state index contributed by atoms with van der Waals surface area (Å²) in [5.74, 6) is 1.00. The van der Waals surface area contributed by atoms with E-state index >= 15 is 0 Å². The van der Waals surface area contributed by atoms with E-state index in [1.54, 1.807) is 6.20 Å². The van der Waals surface area contributed by atoms with Crippen LogP contribution in [-0.2, 0) is 6.54 Å². The highest BCUT2D eigenvalue weighted by atomic mass is 79.9. The monoisotopic (exact) mass is 293 g/mol. The van der Waals surface area contributed by atoms with Crippen molar-refractivity contribution in [3.05, 3.63) is 52.5 Å². The summed E-state index contributed by atoms with van der Waals surface area (Å²) in [5.41, 5.74) is 1.28. The highest BCUT2D eigenvalue weighted by Crippen LogP contribution is 2.14. The molecule has 1 atom stereocenters. The van der Waals surface area contributed by atoms with E-state index in [1.165, 1.54) is 5.56 Å². The van der Waals surface area contributed by atoms with Crippen LogP contribution in [0.25, 0.3) is 0 Å². The van der Waals surface area contributed by atoms with Gasteiger partial charge in [-0.05, 0) is 24.1 Å². The molecule has 17 heavy (non-hydrogen) atoms. The largest absolute Gasteiger partial charge is 0.347 e. The van der Waals surface area contributed by atoms with Gasteiger partial charge in [0.05, 0.1) is 6.04 Å². The minimum absolute atomic E-state index is 0.286. The molecule has 1 aromatic carbocycles. The summed E-state index contributed by atoms with van der Waals surface area (Å²) in [6.45, 7) is 3.01. The van der Waals surface area contributed by atoms with Gasteiger partial charge in [-0.25, -0.2) is 4.98 Å². The van der Waals surface area contributed by atoms with Crippen LogP contribution < -0.4 is 5.32 Å². The molecule has 0 radical (unpaired) electrons. The first-order valence-electron chi connectivity index (χ1n) is 5.76. The predicted molar refractivity (Wildman–Crippen MR) is 72.6 cm³/mol. The number of rotatable bonds is 5. The summed E-state index contributed by atoms with van der Waals surface area (Å²) in [6.07, 6.45) is 4.67. The maximum Gasteiger partial charge on any atom is 0.123 e. The van der Waals surface area contributed by atoms with Crippen molar-refractivity contribution < 1.29 is 0 Å². The SMILES string of the molecule is CCC(NCc1ccc(Br)cc1)c1ncc[nH]1. The smallest absolute Gasteiger partial charge is 0.123 e. The molecular weight excluding hydrogens is 278 g/mol. The summed E-state index contributed by atoms with van der Waals surface area (Å²) >= 11 is 3.44. The van der Waals surface area contributed by atoms with Crippen LogP contribution in [0.15, 0.2) is 41.1 Å². The number of benzene rings is 1. The third-order valence-electron chi connectivity index (χ3n) is 2.72. The summed E-state index contributed by atoms with van der Waals surface area (Å²) < 4.78 is 1.11. The molecule has 0 aliphatic heterocycles. The Morgan fingerprint density at radius 1 is 1.35 bits per heavy atom. The molecule has 0 saturated heterocycles. The molecule has 0 aliphatic carbocycles. The Bertz CT molecular complexity index is 436. The van der Waals surface area contributed by atoms with Gasteiger partial charge in [-0.1, -0.05) is 35.0 Å². The number of nitrogens with one attached hydrogen (secondary N) is 2. The van der Waals surface area contributed by atoms with E-state index in [-0.39, 0.29) is 6.04 Å². The molecule has 2 rings (SSSR count). The van der Waals surface area contributed by atoms with Gasteiger partial charge in [-0.2, -0.15) is 0 Å². The zero-order valence-corrected chi connectivity index (χ0v) is 11.4. The first-order chi connectivity index (χ1) is 8.29. The lowest BCUT2D eigenvalue weighted by Gasteiger charge is -2.14. The normalized spacial score (nSPS) is 12.6. The van der Waals surface area contributed by atoms with E-state index in [2.05, 4.69) is 62.4 Å². The van der Waals surface area contributed by atoms with Crippen LogP contribution in [0.2, 0.25) is 0 Å². The van der Waals surface area contributed by atoms with Gasteiger partial charge in [0.2, 0.25) is 0 Å². The Hall–Kier alpha value is -1.13. The predicted octanol–water partition coefficient (Wildman–Crippen LogP) is 3.41. The number of hydrogen-bond donors (Lipinski definition) is 2. The molecule has 2 N–H and O–H groups in total. The number of halogens is 1. The first kappa shape index (κ1) is 12.3. The van der Waals surface area contributed by atoms with Gasteiger partial charge in [0.25, 0.3) is 0 Å². The molecule has 0 fully saturated rings. The second-order valence-electron chi connectivity index (χ2n) is 3.94. The van der Waals surface area contributed by atoms with Crippen LogP contribution in [0, 0.1) is 0 Å². The van der Waals surface area contributed by atoms with Gasteiger partial charge in [0, 0.05) is 23.4 Å². The maximum absolute atomic E-state index is 4.29. The van der Waals surface area contributed by atoms with E-state index < -0.39 is 0 Å². The third kappa shape index (κ3) is 3.41. The molecule has 2 aromatic rings. The van der Waals surface area contributed by atoms with E-state index in [4.69, 9.17) is 0 Å². The molecule has 3 nitrogen and oxygen atoms in total. The van der Waals surface area contributed by atoms with Crippen molar-refractivity contribution in [2.45, 2.75) is 25.9 Å². The Morgan fingerprint density at radius 3 is 2.71 bits per heavy atom. The minimum Gasteiger partial charge on any atom is -0.347 e. The number of aromatic nitrogens is 2. The Balaban J connectivity index is 1.94.